The van der Waals surface area contributed by atoms with Crippen LogP contribution in [0.1, 0.15) is 53.8 Å². The van der Waals surface area contributed by atoms with Gasteiger partial charge in [-0.3, -0.25) is 9.59 Å². The molecule has 0 saturated carbocycles. The number of hydrogen-bond donors (Lipinski definition) is 1. The van der Waals surface area contributed by atoms with E-state index < -0.39 is 0 Å². The van der Waals surface area contributed by atoms with Gasteiger partial charge in [0.2, 0.25) is 0 Å². The Hall–Kier alpha value is -2.62. The fourth-order valence-corrected chi connectivity index (χ4v) is 2.33. The number of ether oxygens (including phenoxy) is 1. The fourth-order valence-electron chi connectivity index (χ4n) is 2.33. The van der Waals surface area contributed by atoms with Gasteiger partial charge in [0.05, 0.1) is 12.2 Å². The SMILES string of the molecule is CCCCCOc1ccccc1C(=O)Nc1cccc(C(C)=O)c1. The van der Waals surface area contributed by atoms with Crippen LogP contribution >= 0.6 is 0 Å². The van der Waals surface area contributed by atoms with Crippen molar-refractivity contribution in [2.75, 3.05) is 11.9 Å². The molecule has 0 heterocycles. The molecule has 2 aromatic rings. The van der Waals surface area contributed by atoms with Gasteiger partial charge in [-0.1, -0.05) is 44.0 Å². The first-order chi connectivity index (χ1) is 11.6. The molecule has 2 aromatic carbocycles. The number of carbonyl (C=O) groups is 2. The number of para-hydroxylation sites is 1. The molecule has 0 radical (unpaired) electrons. The van der Waals surface area contributed by atoms with Crippen LogP contribution in [0.5, 0.6) is 5.75 Å². The van der Waals surface area contributed by atoms with Crippen LogP contribution in [0, 0.1) is 0 Å². The highest BCUT2D eigenvalue weighted by molar-refractivity contribution is 6.06. The summed E-state index contributed by atoms with van der Waals surface area (Å²) >= 11 is 0. The van der Waals surface area contributed by atoms with E-state index in [2.05, 4.69) is 12.2 Å². The van der Waals surface area contributed by atoms with Gasteiger partial charge < -0.3 is 10.1 Å². The van der Waals surface area contributed by atoms with E-state index in [1.807, 2.05) is 6.07 Å². The van der Waals surface area contributed by atoms with Gasteiger partial charge in [-0.15, -0.1) is 0 Å². The van der Waals surface area contributed by atoms with E-state index >= 15 is 0 Å². The van der Waals surface area contributed by atoms with E-state index in [4.69, 9.17) is 4.74 Å². The smallest absolute Gasteiger partial charge is 0.259 e. The lowest BCUT2D eigenvalue weighted by atomic mass is 10.1. The minimum atomic E-state index is -0.248. The molecule has 24 heavy (non-hydrogen) atoms. The second kappa shape index (κ2) is 8.87. The highest BCUT2D eigenvalue weighted by Gasteiger charge is 2.13. The summed E-state index contributed by atoms with van der Waals surface area (Å²) in [5, 5.41) is 2.82. The molecular weight excluding hydrogens is 302 g/mol. The molecule has 2 rings (SSSR count). The van der Waals surface area contributed by atoms with Crippen molar-refractivity contribution in [3.05, 3.63) is 59.7 Å². The van der Waals surface area contributed by atoms with Crippen LogP contribution in [0.15, 0.2) is 48.5 Å². The number of nitrogens with one attached hydrogen (secondary N) is 1. The topological polar surface area (TPSA) is 55.4 Å². The van der Waals surface area contributed by atoms with Gasteiger partial charge in [-0.25, -0.2) is 0 Å². The maximum Gasteiger partial charge on any atom is 0.259 e. The molecule has 1 amide bonds. The highest BCUT2D eigenvalue weighted by Crippen LogP contribution is 2.20. The molecule has 0 unspecified atom stereocenters. The van der Waals surface area contributed by atoms with Crippen LogP contribution in [0.4, 0.5) is 5.69 Å². The van der Waals surface area contributed by atoms with Gasteiger partial charge in [0.15, 0.2) is 5.78 Å². The van der Waals surface area contributed by atoms with Crippen molar-refractivity contribution in [1.82, 2.24) is 0 Å². The Morgan fingerprint density at radius 3 is 2.58 bits per heavy atom. The number of amides is 1. The quantitative estimate of drug-likeness (QED) is 0.565. The zero-order chi connectivity index (χ0) is 17.4. The zero-order valence-electron chi connectivity index (χ0n) is 14.2. The molecule has 0 aliphatic heterocycles. The second-order valence-electron chi connectivity index (χ2n) is 5.64. The summed E-state index contributed by atoms with van der Waals surface area (Å²) < 4.78 is 5.75. The Morgan fingerprint density at radius 1 is 1.04 bits per heavy atom. The minimum Gasteiger partial charge on any atom is -0.493 e. The average molecular weight is 325 g/mol. The normalized spacial score (nSPS) is 10.2. The largest absolute Gasteiger partial charge is 0.493 e. The maximum absolute atomic E-state index is 12.5. The Kier molecular flexibility index (Phi) is 6.55. The van der Waals surface area contributed by atoms with Crippen molar-refractivity contribution in [3.63, 3.8) is 0 Å². The van der Waals surface area contributed by atoms with Crippen molar-refractivity contribution < 1.29 is 14.3 Å². The van der Waals surface area contributed by atoms with Crippen molar-refractivity contribution in [2.45, 2.75) is 33.1 Å². The number of hydrogen-bond acceptors (Lipinski definition) is 3. The van der Waals surface area contributed by atoms with E-state index in [0.29, 0.717) is 29.2 Å². The number of Topliss-reactive ketones (excluding diaryl/α,β-unsaturated/α-hetero) is 1. The van der Waals surface area contributed by atoms with Gasteiger partial charge in [-0.05, 0) is 37.6 Å². The van der Waals surface area contributed by atoms with Crippen LogP contribution in [0.25, 0.3) is 0 Å². The molecule has 126 valence electrons. The monoisotopic (exact) mass is 325 g/mol. The Morgan fingerprint density at radius 2 is 1.83 bits per heavy atom. The van der Waals surface area contributed by atoms with E-state index in [1.165, 1.54) is 6.92 Å². The lowest BCUT2D eigenvalue weighted by molar-refractivity contribution is 0.100. The van der Waals surface area contributed by atoms with Gasteiger partial charge in [0.25, 0.3) is 5.91 Å². The van der Waals surface area contributed by atoms with Crippen LogP contribution in [-0.2, 0) is 0 Å². The molecule has 0 atom stereocenters. The standard InChI is InChI=1S/C20H23NO3/c1-3-4-7-13-24-19-12-6-5-11-18(19)20(23)21-17-10-8-9-16(14-17)15(2)22/h5-6,8-12,14H,3-4,7,13H2,1-2H3,(H,21,23). The van der Waals surface area contributed by atoms with Crippen molar-refractivity contribution in [3.8, 4) is 5.75 Å². The highest BCUT2D eigenvalue weighted by atomic mass is 16.5. The molecular formula is C20H23NO3. The summed E-state index contributed by atoms with van der Waals surface area (Å²) in [6.45, 7) is 4.23. The molecule has 1 N–H and O–H groups in total. The predicted octanol–water partition coefficient (Wildman–Crippen LogP) is 4.71. The number of rotatable bonds is 8. The van der Waals surface area contributed by atoms with Gasteiger partial charge >= 0.3 is 0 Å². The number of anilines is 1. The minimum absolute atomic E-state index is 0.0363. The predicted molar refractivity (Wildman–Crippen MR) is 95.9 cm³/mol. The first-order valence-electron chi connectivity index (χ1n) is 8.26. The first-order valence-corrected chi connectivity index (χ1v) is 8.26. The Bertz CT molecular complexity index is 710. The molecule has 4 heteroatoms. The molecule has 0 aromatic heterocycles. The molecule has 0 spiro atoms. The first kappa shape index (κ1) is 17.7. The molecule has 0 bridgehead atoms. The summed E-state index contributed by atoms with van der Waals surface area (Å²) in [5.41, 5.74) is 1.65. The molecule has 0 fully saturated rings. The lowest BCUT2D eigenvalue weighted by Crippen LogP contribution is -2.14. The van der Waals surface area contributed by atoms with Crippen LogP contribution in [0.2, 0.25) is 0 Å². The third-order valence-electron chi connectivity index (χ3n) is 3.66. The number of ketones is 1. The fraction of sp³-hybridized carbons (Fsp3) is 0.300. The van der Waals surface area contributed by atoms with Gasteiger partial charge in [-0.2, -0.15) is 0 Å². The van der Waals surface area contributed by atoms with Crippen molar-refractivity contribution in [1.29, 1.82) is 0 Å². The number of carbonyl (C=O) groups excluding carboxylic acids is 2. The molecule has 4 nitrogen and oxygen atoms in total. The summed E-state index contributed by atoms with van der Waals surface area (Å²) in [4.78, 5) is 24.0. The van der Waals surface area contributed by atoms with E-state index in [-0.39, 0.29) is 11.7 Å². The lowest BCUT2D eigenvalue weighted by Gasteiger charge is -2.12. The van der Waals surface area contributed by atoms with Gasteiger partial charge in [0.1, 0.15) is 5.75 Å². The second-order valence-corrected chi connectivity index (χ2v) is 5.64. The van der Waals surface area contributed by atoms with E-state index in [1.54, 1.807) is 42.5 Å². The van der Waals surface area contributed by atoms with Crippen molar-refractivity contribution >= 4 is 17.4 Å². The average Bonchev–Trinajstić information content (AvgIpc) is 2.59. The third kappa shape index (κ3) is 4.95. The maximum atomic E-state index is 12.5. The summed E-state index contributed by atoms with van der Waals surface area (Å²) in [5.74, 6) is 0.293. The Labute approximate surface area is 142 Å². The van der Waals surface area contributed by atoms with E-state index in [9.17, 15) is 9.59 Å². The summed E-state index contributed by atoms with van der Waals surface area (Å²) in [6, 6.07) is 14.1. The number of benzene rings is 2. The molecule has 0 aliphatic rings. The summed E-state index contributed by atoms with van der Waals surface area (Å²) in [7, 11) is 0. The Balaban J connectivity index is 2.09. The summed E-state index contributed by atoms with van der Waals surface area (Å²) in [6.07, 6.45) is 3.19. The third-order valence-corrected chi connectivity index (χ3v) is 3.66. The number of unbranched alkanes of at least 4 members (excludes halogenated alkanes) is 2. The van der Waals surface area contributed by atoms with Crippen molar-refractivity contribution in [2.24, 2.45) is 0 Å². The van der Waals surface area contributed by atoms with Crippen LogP contribution in [-0.4, -0.2) is 18.3 Å². The molecule has 0 aliphatic carbocycles. The van der Waals surface area contributed by atoms with Gasteiger partial charge in [0, 0.05) is 11.3 Å². The van der Waals surface area contributed by atoms with Crippen LogP contribution in [0.3, 0.4) is 0 Å². The van der Waals surface area contributed by atoms with E-state index in [0.717, 1.165) is 19.3 Å². The molecule has 0 saturated heterocycles. The zero-order valence-corrected chi connectivity index (χ0v) is 14.2. The van der Waals surface area contributed by atoms with Crippen LogP contribution < -0.4 is 10.1 Å².